The van der Waals surface area contributed by atoms with Gasteiger partial charge in [0.1, 0.15) is 11.5 Å². The summed E-state index contributed by atoms with van der Waals surface area (Å²) in [7, 11) is 0. The molecule has 2 atom stereocenters. The van der Waals surface area contributed by atoms with E-state index < -0.39 is 11.8 Å². The highest BCUT2D eigenvalue weighted by atomic mass is 16.5. The van der Waals surface area contributed by atoms with Gasteiger partial charge in [0.25, 0.3) is 0 Å². The highest BCUT2D eigenvalue weighted by molar-refractivity contribution is 6.11. The van der Waals surface area contributed by atoms with E-state index in [1.54, 1.807) is 0 Å². The molecule has 5 nitrogen and oxygen atoms in total. The predicted octanol–water partition coefficient (Wildman–Crippen LogP) is 4.61. The van der Waals surface area contributed by atoms with E-state index in [2.05, 4.69) is 11.9 Å². The van der Waals surface area contributed by atoms with Crippen LogP contribution in [-0.4, -0.2) is 30.7 Å². The molecule has 150 valence electrons. The number of aliphatic imine (C=N–C) groups is 1. The monoisotopic (exact) mass is 383 g/mol. The molecule has 3 rings (SSSR count). The standard InChI is InChI=1S/C23H29NO4/c1-4-13-27-19-12-7-6-9-16(19)21-20(23(26)28-14-5-2)15(3)24-17-10-8-11-18(25)22(17)21/h6-7,9,12,21-22H,4-5,8,10-11,13-14H2,1-3H3/t21-,22?/m1/s1. The third kappa shape index (κ3) is 4.03. The fourth-order valence-corrected chi connectivity index (χ4v) is 4.07. The summed E-state index contributed by atoms with van der Waals surface area (Å²) in [6, 6.07) is 7.72. The second kappa shape index (κ2) is 9.18. The minimum Gasteiger partial charge on any atom is -0.493 e. The van der Waals surface area contributed by atoms with Gasteiger partial charge >= 0.3 is 5.97 Å². The molecule has 0 radical (unpaired) electrons. The molecule has 1 fully saturated rings. The van der Waals surface area contributed by atoms with Crippen molar-refractivity contribution >= 4 is 17.5 Å². The van der Waals surface area contributed by atoms with Crippen LogP contribution in [0.5, 0.6) is 5.75 Å². The molecule has 28 heavy (non-hydrogen) atoms. The van der Waals surface area contributed by atoms with Gasteiger partial charge < -0.3 is 9.47 Å². The van der Waals surface area contributed by atoms with Crippen molar-refractivity contribution in [1.29, 1.82) is 0 Å². The maximum Gasteiger partial charge on any atom is 0.336 e. The minimum absolute atomic E-state index is 0.147. The average Bonchev–Trinajstić information content (AvgIpc) is 2.70. The predicted molar refractivity (Wildman–Crippen MR) is 109 cm³/mol. The maximum absolute atomic E-state index is 13.0. The van der Waals surface area contributed by atoms with Crippen LogP contribution in [0.4, 0.5) is 0 Å². The Morgan fingerprint density at radius 3 is 2.61 bits per heavy atom. The third-order valence-electron chi connectivity index (χ3n) is 5.28. The van der Waals surface area contributed by atoms with Crippen molar-refractivity contribution in [1.82, 2.24) is 0 Å². The summed E-state index contributed by atoms with van der Waals surface area (Å²) in [5, 5.41) is 0. The average molecular weight is 383 g/mol. The summed E-state index contributed by atoms with van der Waals surface area (Å²) in [4.78, 5) is 30.6. The number of rotatable bonds is 7. The number of ketones is 1. The number of benzene rings is 1. The molecule has 1 unspecified atom stereocenters. The number of carbonyl (C=O) groups is 2. The molecule has 1 heterocycles. The molecule has 1 aromatic rings. The fraction of sp³-hybridized carbons (Fsp3) is 0.522. The molecule has 2 aliphatic rings. The van der Waals surface area contributed by atoms with Crippen LogP contribution in [-0.2, 0) is 14.3 Å². The summed E-state index contributed by atoms with van der Waals surface area (Å²) >= 11 is 0. The Hall–Kier alpha value is -2.43. The van der Waals surface area contributed by atoms with Gasteiger partial charge in [-0.05, 0) is 38.7 Å². The van der Waals surface area contributed by atoms with Crippen LogP contribution in [0.15, 0.2) is 40.5 Å². The molecule has 0 spiro atoms. The van der Waals surface area contributed by atoms with Crippen LogP contribution in [0.2, 0.25) is 0 Å². The third-order valence-corrected chi connectivity index (χ3v) is 5.28. The highest BCUT2D eigenvalue weighted by Gasteiger charge is 2.44. The van der Waals surface area contributed by atoms with E-state index >= 15 is 0 Å². The lowest BCUT2D eigenvalue weighted by Gasteiger charge is -2.36. The number of Topliss-reactive ketones (excluding diaryl/α,β-unsaturated/α-hetero) is 1. The van der Waals surface area contributed by atoms with Crippen LogP contribution >= 0.6 is 0 Å². The Morgan fingerprint density at radius 2 is 1.86 bits per heavy atom. The number of esters is 1. The van der Waals surface area contributed by atoms with Crippen molar-refractivity contribution in [2.75, 3.05) is 13.2 Å². The van der Waals surface area contributed by atoms with Gasteiger partial charge in [0.2, 0.25) is 0 Å². The zero-order chi connectivity index (χ0) is 20.1. The van der Waals surface area contributed by atoms with Crippen LogP contribution < -0.4 is 4.74 Å². The van der Waals surface area contributed by atoms with Gasteiger partial charge in [0, 0.05) is 29.3 Å². The van der Waals surface area contributed by atoms with Crippen LogP contribution in [0.25, 0.3) is 0 Å². The molecule has 0 amide bonds. The first-order chi connectivity index (χ1) is 13.6. The summed E-state index contributed by atoms with van der Waals surface area (Å²) in [5.74, 6) is -0.322. The van der Waals surface area contributed by atoms with Gasteiger partial charge in [-0.15, -0.1) is 0 Å². The summed E-state index contributed by atoms with van der Waals surface area (Å²) in [6.07, 6.45) is 3.76. The second-order valence-corrected chi connectivity index (χ2v) is 7.40. The van der Waals surface area contributed by atoms with Gasteiger partial charge in [0.05, 0.1) is 24.7 Å². The number of carbonyl (C=O) groups excluding carboxylic acids is 2. The number of hydrogen-bond acceptors (Lipinski definition) is 5. The van der Waals surface area contributed by atoms with Crippen molar-refractivity contribution in [2.45, 2.75) is 58.8 Å². The van der Waals surface area contributed by atoms with Crippen LogP contribution in [0, 0.1) is 5.92 Å². The summed E-state index contributed by atoms with van der Waals surface area (Å²) < 4.78 is 11.4. The molecule has 0 saturated heterocycles. The molecule has 0 N–H and O–H groups in total. The van der Waals surface area contributed by atoms with Crippen molar-refractivity contribution in [3.05, 3.63) is 41.1 Å². The fourth-order valence-electron chi connectivity index (χ4n) is 4.07. The van der Waals surface area contributed by atoms with E-state index in [1.807, 2.05) is 38.1 Å². The highest BCUT2D eigenvalue weighted by Crippen LogP contribution is 2.45. The zero-order valence-electron chi connectivity index (χ0n) is 17.0. The van der Waals surface area contributed by atoms with Crippen molar-refractivity contribution in [3.63, 3.8) is 0 Å². The van der Waals surface area contributed by atoms with Crippen LogP contribution in [0.3, 0.4) is 0 Å². The Labute approximate surface area is 166 Å². The molecule has 0 bridgehead atoms. The first kappa shape index (κ1) is 20.3. The number of hydrogen-bond donors (Lipinski definition) is 0. The topological polar surface area (TPSA) is 65.0 Å². The van der Waals surface area contributed by atoms with Crippen molar-refractivity contribution < 1.29 is 19.1 Å². The summed E-state index contributed by atoms with van der Waals surface area (Å²) in [6.45, 7) is 6.79. The van der Waals surface area contributed by atoms with Gasteiger partial charge in [-0.1, -0.05) is 32.0 Å². The summed E-state index contributed by atoms with van der Waals surface area (Å²) in [5.41, 5.74) is 2.89. The Balaban J connectivity index is 2.11. The maximum atomic E-state index is 13.0. The van der Waals surface area contributed by atoms with E-state index in [-0.39, 0.29) is 11.8 Å². The molecule has 1 aliphatic heterocycles. The molecule has 1 aromatic carbocycles. The minimum atomic E-state index is -0.409. The quantitative estimate of drug-likeness (QED) is 0.645. The van der Waals surface area contributed by atoms with Crippen molar-refractivity contribution in [2.24, 2.45) is 10.9 Å². The van der Waals surface area contributed by atoms with E-state index in [0.29, 0.717) is 30.9 Å². The van der Waals surface area contributed by atoms with Gasteiger partial charge in [-0.3, -0.25) is 9.79 Å². The smallest absolute Gasteiger partial charge is 0.336 e. The molecule has 5 heteroatoms. The molecule has 1 saturated carbocycles. The van der Waals surface area contributed by atoms with Gasteiger partial charge in [-0.25, -0.2) is 4.79 Å². The number of ether oxygens (including phenoxy) is 2. The SMILES string of the molecule is CCCOC(=O)C1=C(C)N=C2CCCC(=O)C2[C@@H]1c1ccccc1OCCC. The largest absolute Gasteiger partial charge is 0.493 e. The molecule has 0 aromatic heterocycles. The van der Waals surface area contributed by atoms with E-state index in [9.17, 15) is 9.59 Å². The van der Waals surface area contributed by atoms with Gasteiger partial charge in [0.15, 0.2) is 0 Å². The lowest BCUT2D eigenvalue weighted by atomic mass is 9.69. The first-order valence-electron chi connectivity index (χ1n) is 10.3. The van der Waals surface area contributed by atoms with Crippen LogP contribution in [0.1, 0.15) is 64.4 Å². The zero-order valence-corrected chi connectivity index (χ0v) is 17.0. The second-order valence-electron chi connectivity index (χ2n) is 7.40. The van der Waals surface area contributed by atoms with Crippen molar-refractivity contribution in [3.8, 4) is 5.75 Å². The van der Waals surface area contributed by atoms with E-state index in [4.69, 9.17) is 9.47 Å². The number of para-hydroxylation sites is 1. The lowest BCUT2D eigenvalue weighted by molar-refractivity contribution is -0.139. The Morgan fingerprint density at radius 1 is 1.11 bits per heavy atom. The number of allylic oxidation sites excluding steroid dienone is 1. The normalized spacial score (nSPS) is 21.8. The van der Waals surface area contributed by atoms with E-state index in [0.717, 1.165) is 42.7 Å². The van der Waals surface area contributed by atoms with Gasteiger partial charge in [-0.2, -0.15) is 0 Å². The van der Waals surface area contributed by atoms with E-state index in [1.165, 1.54) is 0 Å². The molecular formula is C23H29NO4. The molecule has 1 aliphatic carbocycles. The Kier molecular flexibility index (Phi) is 6.65. The number of fused-ring (bicyclic) bond motifs is 1. The number of nitrogens with zero attached hydrogens (tertiary/aromatic N) is 1. The Bertz CT molecular complexity index is 809. The molecular weight excluding hydrogens is 354 g/mol. The first-order valence-corrected chi connectivity index (χ1v) is 10.3. The lowest BCUT2D eigenvalue weighted by Crippen LogP contribution is -2.39.